The fourth-order valence-electron chi connectivity index (χ4n) is 1.72. The van der Waals surface area contributed by atoms with Crippen molar-refractivity contribution in [3.8, 4) is 17.1 Å². The first-order valence-electron chi connectivity index (χ1n) is 6.01. The van der Waals surface area contributed by atoms with E-state index >= 15 is 0 Å². The number of hydrogen-bond acceptors (Lipinski definition) is 3. The number of ether oxygens (including phenoxy) is 1. The Hall–Kier alpha value is -2.05. The van der Waals surface area contributed by atoms with Crippen LogP contribution in [0.2, 0.25) is 0 Å². The minimum Gasteiger partial charge on any atom is -0.489 e. The van der Waals surface area contributed by atoms with E-state index in [1.165, 1.54) is 13.2 Å². The number of aromatic nitrogens is 3. The zero-order valence-electron chi connectivity index (χ0n) is 11.3. The molecule has 0 bridgehead atoms. The maximum atomic E-state index is 12.6. The lowest BCUT2D eigenvalue weighted by atomic mass is 10.2. The van der Waals surface area contributed by atoms with Crippen molar-refractivity contribution < 1.29 is 17.9 Å². The largest absolute Gasteiger partial charge is 0.489 e. The van der Waals surface area contributed by atoms with E-state index in [1.54, 1.807) is 12.1 Å². The Morgan fingerprint density at radius 2 is 1.95 bits per heavy atom. The molecular weight excluding hydrogens is 271 g/mol. The number of alkyl halides is 3. The molecule has 108 valence electrons. The van der Waals surface area contributed by atoms with Crippen LogP contribution < -0.4 is 4.74 Å². The summed E-state index contributed by atoms with van der Waals surface area (Å²) in [5, 5.41) is 3.45. The van der Waals surface area contributed by atoms with Crippen LogP contribution in [-0.2, 0) is 13.2 Å². The molecule has 7 heteroatoms. The Balaban J connectivity index is 2.30. The lowest BCUT2D eigenvalue weighted by molar-refractivity contribution is -0.141. The molecule has 0 aliphatic carbocycles. The summed E-state index contributed by atoms with van der Waals surface area (Å²) in [6.45, 7) is 3.76. The van der Waals surface area contributed by atoms with Crippen molar-refractivity contribution in [3.63, 3.8) is 0 Å². The Labute approximate surface area is 114 Å². The second-order valence-electron chi connectivity index (χ2n) is 4.58. The second-order valence-corrected chi connectivity index (χ2v) is 4.58. The third-order valence-electron chi connectivity index (χ3n) is 2.54. The number of nitrogens with zero attached hydrogens (tertiary/aromatic N) is 3. The van der Waals surface area contributed by atoms with Gasteiger partial charge in [0, 0.05) is 7.05 Å². The average molecular weight is 285 g/mol. The molecule has 2 heterocycles. The number of aryl methyl sites for hydroxylation is 1. The molecule has 4 nitrogen and oxygen atoms in total. The Morgan fingerprint density at radius 1 is 1.25 bits per heavy atom. The summed E-state index contributed by atoms with van der Waals surface area (Å²) in [5.41, 5.74) is -0.223. The van der Waals surface area contributed by atoms with Crippen LogP contribution in [0.4, 0.5) is 13.2 Å². The van der Waals surface area contributed by atoms with Crippen molar-refractivity contribution in [2.45, 2.75) is 26.1 Å². The van der Waals surface area contributed by atoms with Gasteiger partial charge in [0.1, 0.15) is 5.75 Å². The minimum atomic E-state index is -4.46. The second kappa shape index (κ2) is 5.15. The highest BCUT2D eigenvalue weighted by Crippen LogP contribution is 2.31. The SMILES string of the molecule is CC(C)Oc1ccc(-c2cc(C(F)(F)F)nn2C)nc1. The van der Waals surface area contributed by atoms with Gasteiger partial charge in [0.25, 0.3) is 0 Å². The van der Waals surface area contributed by atoms with Crippen molar-refractivity contribution >= 4 is 0 Å². The van der Waals surface area contributed by atoms with Gasteiger partial charge < -0.3 is 4.74 Å². The molecule has 0 aliphatic rings. The van der Waals surface area contributed by atoms with Crippen molar-refractivity contribution in [1.29, 1.82) is 0 Å². The fourth-order valence-corrected chi connectivity index (χ4v) is 1.72. The highest BCUT2D eigenvalue weighted by Gasteiger charge is 2.34. The number of pyridine rings is 1. The normalized spacial score (nSPS) is 11.9. The van der Waals surface area contributed by atoms with Gasteiger partial charge in [0.15, 0.2) is 5.69 Å². The molecule has 0 saturated carbocycles. The predicted molar refractivity (Wildman–Crippen MR) is 67.2 cm³/mol. The van der Waals surface area contributed by atoms with E-state index < -0.39 is 11.9 Å². The maximum absolute atomic E-state index is 12.6. The van der Waals surface area contributed by atoms with Crippen LogP contribution in [0.15, 0.2) is 24.4 Å². The number of halogens is 3. The zero-order valence-corrected chi connectivity index (χ0v) is 11.3. The van der Waals surface area contributed by atoms with Gasteiger partial charge in [-0.25, -0.2) is 0 Å². The smallest absolute Gasteiger partial charge is 0.435 e. The molecule has 20 heavy (non-hydrogen) atoms. The summed E-state index contributed by atoms with van der Waals surface area (Å²) in [7, 11) is 1.45. The maximum Gasteiger partial charge on any atom is 0.435 e. The van der Waals surface area contributed by atoms with E-state index in [-0.39, 0.29) is 6.10 Å². The summed E-state index contributed by atoms with van der Waals surface area (Å²) in [6, 6.07) is 4.25. The standard InChI is InChI=1S/C13H14F3N3O/c1-8(2)20-9-4-5-10(17-7-9)11-6-12(13(14,15)16)18-19(11)3/h4-8H,1-3H3. The molecule has 0 radical (unpaired) electrons. The number of hydrogen-bond donors (Lipinski definition) is 0. The van der Waals surface area contributed by atoms with E-state index in [1.807, 2.05) is 13.8 Å². The molecule has 0 fully saturated rings. The molecule has 0 aromatic carbocycles. The molecule has 2 rings (SSSR count). The van der Waals surface area contributed by atoms with Crippen LogP contribution >= 0.6 is 0 Å². The Morgan fingerprint density at radius 3 is 2.40 bits per heavy atom. The van der Waals surface area contributed by atoms with Crippen LogP contribution in [0.1, 0.15) is 19.5 Å². The molecule has 0 unspecified atom stereocenters. The van der Waals surface area contributed by atoms with Gasteiger partial charge in [-0.2, -0.15) is 18.3 Å². The first kappa shape index (κ1) is 14.4. The van der Waals surface area contributed by atoms with Crippen LogP contribution in [0, 0.1) is 0 Å². The molecular formula is C13H14F3N3O. The van der Waals surface area contributed by atoms with Crippen molar-refractivity contribution in [1.82, 2.24) is 14.8 Å². The molecule has 0 spiro atoms. The summed E-state index contributed by atoms with van der Waals surface area (Å²) < 4.78 is 44.4. The van der Waals surface area contributed by atoms with Gasteiger partial charge in [-0.1, -0.05) is 0 Å². The lowest BCUT2D eigenvalue weighted by Gasteiger charge is -2.09. The molecule has 0 atom stereocenters. The summed E-state index contributed by atoms with van der Waals surface area (Å²) in [4.78, 5) is 4.11. The van der Waals surface area contributed by atoms with Gasteiger partial charge in [-0.3, -0.25) is 9.67 Å². The van der Waals surface area contributed by atoms with E-state index in [9.17, 15) is 13.2 Å². The zero-order chi connectivity index (χ0) is 14.9. The molecule has 2 aromatic heterocycles. The summed E-state index contributed by atoms with van der Waals surface area (Å²) >= 11 is 0. The van der Waals surface area contributed by atoms with Crippen molar-refractivity contribution in [2.75, 3.05) is 0 Å². The predicted octanol–water partition coefficient (Wildman–Crippen LogP) is 3.29. The number of rotatable bonds is 3. The fraction of sp³-hybridized carbons (Fsp3) is 0.385. The average Bonchev–Trinajstić information content (AvgIpc) is 2.71. The Bertz CT molecular complexity index is 588. The molecule has 0 saturated heterocycles. The van der Waals surface area contributed by atoms with Crippen LogP contribution in [0.5, 0.6) is 5.75 Å². The van der Waals surface area contributed by atoms with Crippen LogP contribution in [0.25, 0.3) is 11.4 Å². The quantitative estimate of drug-likeness (QED) is 0.868. The van der Waals surface area contributed by atoms with E-state index in [0.29, 0.717) is 17.1 Å². The monoisotopic (exact) mass is 285 g/mol. The van der Waals surface area contributed by atoms with Gasteiger partial charge in [0.05, 0.1) is 23.7 Å². The van der Waals surface area contributed by atoms with Crippen LogP contribution in [0.3, 0.4) is 0 Å². The first-order chi connectivity index (χ1) is 9.27. The first-order valence-corrected chi connectivity index (χ1v) is 6.01. The summed E-state index contributed by atoms with van der Waals surface area (Å²) in [6.07, 6.45) is -2.97. The molecule has 0 amide bonds. The van der Waals surface area contributed by atoms with Crippen molar-refractivity contribution in [3.05, 3.63) is 30.1 Å². The topological polar surface area (TPSA) is 39.9 Å². The highest BCUT2D eigenvalue weighted by atomic mass is 19.4. The highest BCUT2D eigenvalue weighted by molar-refractivity contribution is 5.55. The Kier molecular flexibility index (Phi) is 3.69. The van der Waals surface area contributed by atoms with E-state index in [4.69, 9.17) is 4.74 Å². The van der Waals surface area contributed by atoms with Gasteiger partial charge in [0.2, 0.25) is 0 Å². The van der Waals surface area contributed by atoms with Gasteiger partial charge >= 0.3 is 6.18 Å². The summed E-state index contributed by atoms with van der Waals surface area (Å²) in [5.74, 6) is 0.571. The van der Waals surface area contributed by atoms with E-state index in [2.05, 4.69) is 10.1 Å². The van der Waals surface area contributed by atoms with Gasteiger partial charge in [-0.05, 0) is 32.0 Å². The minimum absolute atomic E-state index is 0.0104. The van der Waals surface area contributed by atoms with E-state index in [0.717, 1.165) is 10.7 Å². The third-order valence-corrected chi connectivity index (χ3v) is 2.54. The third kappa shape index (κ3) is 3.09. The van der Waals surface area contributed by atoms with Gasteiger partial charge in [-0.15, -0.1) is 0 Å². The lowest BCUT2D eigenvalue weighted by Crippen LogP contribution is -2.06. The molecule has 2 aromatic rings. The molecule has 0 aliphatic heterocycles. The van der Waals surface area contributed by atoms with Crippen molar-refractivity contribution in [2.24, 2.45) is 7.05 Å². The van der Waals surface area contributed by atoms with Crippen LogP contribution in [-0.4, -0.2) is 20.9 Å². The molecule has 0 N–H and O–H groups in total.